The van der Waals surface area contributed by atoms with Crippen molar-refractivity contribution in [3.63, 3.8) is 0 Å². The first-order valence-corrected chi connectivity index (χ1v) is 12.4. The number of hydrogen-bond acceptors (Lipinski definition) is 5. The lowest BCUT2D eigenvalue weighted by Crippen LogP contribution is -2.54. The third-order valence-electron chi connectivity index (χ3n) is 9.55. The third-order valence-corrected chi connectivity index (χ3v) is 9.55. The van der Waals surface area contributed by atoms with Crippen molar-refractivity contribution in [2.45, 2.75) is 77.7 Å². The predicted octanol–water partition coefficient (Wildman–Crippen LogP) is 4.01. The number of rotatable bonds is 9. The van der Waals surface area contributed by atoms with Gasteiger partial charge in [-0.2, -0.15) is 0 Å². The maximum atomic E-state index is 12.1. The Morgan fingerprint density at radius 1 is 0.867 bits per heavy atom. The summed E-state index contributed by atoms with van der Waals surface area (Å²) >= 11 is 0. The molecule has 172 valence electrons. The van der Waals surface area contributed by atoms with Gasteiger partial charge in [0.05, 0.1) is 45.7 Å². The Labute approximate surface area is 182 Å². The largest absolute Gasteiger partial charge is 0.394 e. The molecule has 4 saturated carbocycles. The van der Waals surface area contributed by atoms with E-state index in [1.54, 1.807) is 0 Å². The summed E-state index contributed by atoms with van der Waals surface area (Å²) in [6.45, 7) is 7.80. The number of carbonyl (C=O) groups is 1. The molecule has 0 unspecified atom stereocenters. The van der Waals surface area contributed by atoms with Gasteiger partial charge in [0.25, 0.3) is 0 Å². The van der Waals surface area contributed by atoms with Crippen molar-refractivity contribution >= 4 is 5.78 Å². The van der Waals surface area contributed by atoms with Crippen LogP contribution in [0, 0.1) is 34.5 Å². The number of carbonyl (C=O) groups excluding carboxylic acids is 1. The van der Waals surface area contributed by atoms with Crippen LogP contribution in [0.25, 0.3) is 0 Å². The van der Waals surface area contributed by atoms with E-state index in [-0.39, 0.29) is 6.61 Å². The van der Waals surface area contributed by atoms with E-state index in [0.29, 0.717) is 61.7 Å². The van der Waals surface area contributed by atoms with Gasteiger partial charge in [-0.25, -0.2) is 0 Å². The summed E-state index contributed by atoms with van der Waals surface area (Å²) in [5, 5.41) is 8.70. The van der Waals surface area contributed by atoms with E-state index in [2.05, 4.69) is 13.8 Å². The molecule has 0 saturated heterocycles. The fraction of sp³-hybridized carbons (Fsp3) is 0.960. The fourth-order valence-electron chi connectivity index (χ4n) is 7.91. The SMILES string of the molecule is C[C@]12CCC(=O)C[C@@H]1CC[C@@H]1[C@@H]2CC[C@]2(C)[C@@H](OCCOCCOCCO)CC[C@@H]12. The Hall–Kier alpha value is -0.490. The maximum Gasteiger partial charge on any atom is 0.133 e. The molecular weight excluding hydrogens is 380 g/mol. The number of ketones is 1. The lowest BCUT2D eigenvalue weighted by Gasteiger charge is -2.60. The monoisotopic (exact) mass is 422 g/mol. The normalized spacial score (nSPS) is 43.2. The van der Waals surface area contributed by atoms with E-state index in [9.17, 15) is 4.79 Å². The smallest absolute Gasteiger partial charge is 0.133 e. The van der Waals surface area contributed by atoms with Crippen LogP contribution in [0.3, 0.4) is 0 Å². The molecule has 0 heterocycles. The van der Waals surface area contributed by atoms with Gasteiger partial charge < -0.3 is 19.3 Å². The Morgan fingerprint density at radius 2 is 1.60 bits per heavy atom. The second-order valence-corrected chi connectivity index (χ2v) is 10.8. The first-order valence-electron chi connectivity index (χ1n) is 12.4. The number of Topliss-reactive ketones (excluding diaryl/α,β-unsaturated/α-hetero) is 1. The maximum absolute atomic E-state index is 12.1. The van der Waals surface area contributed by atoms with E-state index in [1.807, 2.05) is 0 Å². The van der Waals surface area contributed by atoms with E-state index in [1.165, 1.54) is 38.5 Å². The molecule has 0 radical (unpaired) electrons. The van der Waals surface area contributed by atoms with E-state index in [4.69, 9.17) is 19.3 Å². The van der Waals surface area contributed by atoms with Crippen molar-refractivity contribution in [2.75, 3.05) is 39.6 Å². The molecular formula is C25H42O5. The molecule has 0 aromatic carbocycles. The van der Waals surface area contributed by atoms with Crippen LogP contribution in [0.5, 0.6) is 0 Å². The topological polar surface area (TPSA) is 65.0 Å². The average Bonchev–Trinajstić information content (AvgIpc) is 3.07. The molecule has 0 aliphatic heterocycles. The standard InChI is InChI=1S/C25H42O5/c1-24-9-7-19(27)17-18(24)3-4-20-21-5-6-23(25(21,2)10-8-22(20)24)30-16-15-29-14-13-28-12-11-26/h18,20-23,26H,3-17H2,1-2H3/t18-,20-,21-,22-,23-,24-,25-/m0/s1. The Bertz CT molecular complexity index is 594. The highest BCUT2D eigenvalue weighted by atomic mass is 16.5. The van der Waals surface area contributed by atoms with Gasteiger partial charge in [-0.15, -0.1) is 0 Å². The minimum Gasteiger partial charge on any atom is -0.394 e. The van der Waals surface area contributed by atoms with Gasteiger partial charge in [-0.3, -0.25) is 4.79 Å². The van der Waals surface area contributed by atoms with Crippen LogP contribution in [0.15, 0.2) is 0 Å². The van der Waals surface area contributed by atoms with Crippen LogP contribution in [0.2, 0.25) is 0 Å². The number of hydrogen-bond donors (Lipinski definition) is 1. The highest BCUT2D eigenvalue weighted by Gasteiger charge is 2.60. The molecule has 0 spiro atoms. The van der Waals surface area contributed by atoms with Gasteiger partial charge in [-0.05, 0) is 79.4 Å². The van der Waals surface area contributed by atoms with Crippen LogP contribution in [0.4, 0.5) is 0 Å². The molecule has 4 rings (SSSR count). The first kappa shape index (κ1) is 22.7. The number of aliphatic hydroxyl groups is 1. The van der Waals surface area contributed by atoms with Gasteiger partial charge in [-0.1, -0.05) is 13.8 Å². The molecule has 1 N–H and O–H groups in total. The number of fused-ring (bicyclic) bond motifs is 5. The molecule has 7 atom stereocenters. The minimum absolute atomic E-state index is 0.0598. The molecule has 5 nitrogen and oxygen atoms in total. The lowest BCUT2D eigenvalue weighted by molar-refractivity contribution is -0.146. The minimum atomic E-state index is 0.0598. The second-order valence-electron chi connectivity index (χ2n) is 10.8. The zero-order valence-electron chi connectivity index (χ0n) is 19.1. The number of ether oxygens (including phenoxy) is 3. The van der Waals surface area contributed by atoms with Gasteiger partial charge >= 0.3 is 0 Å². The summed E-state index contributed by atoms with van der Waals surface area (Å²) in [5.41, 5.74) is 0.697. The average molecular weight is 423 g/mol. The summed E-state index contributed by atoms with van der Waals surface area (Å²) in [4.78, 5) is 12.1. The van der Waals surface area contributed by atoms with Crippen LogP contribution in [0.1, 0.15) is 71.6 Å². The molecule has 0 bridgehead atoms. The Kier molecular flexibility index (Phi) is 7.23. The molecule has 0 amide bonds. The van der Waals surface area contributed by atoms with Gasteiger partial charge in [0.2, 0.25) is 0 Å². The van der Waals surface area contributed by atoms with Crippen LogP contribution >= 0.6 is 0 Å². The second kappa shape index (κ2) is 9.56. The zero-order valence-corrected chi connectivity index (χ0v) is 19.1. The zero-order chi connectivity index (χ0) is 21.2. The first-order chi connectivity index (χ1) is 14.5. The van der Waals surface area contributed by atoms with Crippen molar-refractivity contribution in [1.82, 2.24) is 0 Å². The van der Waals surface area contributed by atoms with Crippen LogP contribution in [-0.4, -0.2) is 56.6 Å². The lowest BCUT2D eigenvalue weighted by atomic mass is 9.45. The number of aliphatic hydroxyl groups excluding tert-OH is 1. The molecule has 30 heavy (non-hydrogen) atoms. The van der Waals surface area contributed by atoms with Crippen LogP contribution in [-0.2, 0) is 19.0 Å². The Balaban J connectivity index is 1.29. The highest BCUT2D eigenvalue weighted by molar-refractivity contribution is 5.79. The summed E-state index contributed by atoms with van der Waals surface area (Å²) in [7, 11) is 0. The summed E-state index contributed by atoms with van der Waals surface area (Å²) in [6.07, 6.45) is 10.8. The third kappa shape index (κ3) is 4.24. The van der Waals surface area contributed by atoms with E-state index in [0.717, 1.165) is 37.0 Å². The fourth-order valence-corrected chi connectivity index (χ4v) is 7.91. The molecule has 5 heteroatoms. The summed E-state index contributed by atoms with van der Waals surface area (Å²) < 4.78 is 17.2. The molecule has 4 aliphatic rings. The highest BCUT2D eigenvalue weighted by Crippen LogP contribution is 2.66. The molecule has 4 fully saturated rings. The van der Waals surface area contributed by atoms with E-state index < -0.39 is 0 Å². The molecule has 4 aliphatic carbocycles. The summed E-state index contributed by atoms with van der Waals surface area (Å²) in [5.74, 6) is 3.56. The van der Waals surface area contributed by atoms with Crippen molar-refractivity contribution < 1.29 is 24.1 Å². The van der Waals surface area contributed by atoms with Crippen molar-refractivity contribution in [1.29, 1.82) is 0 Å². The van der Waals surface area contributed by atoms with Gasteiger partial charge in [0, 0.05) is 12.8 Å². The quantitative estimate of drug-likeness (QED) is 0.569. The predicted molar refractivity (Wildman–Crippen MR) is 115 cm³/mol. The van der Waals surface area contributed by atoms with Crippen molar-refractivity contribution in [2.24, 2.45) is 34.5 Å². The van der Waals surface area contributed by atoms with Crippen molar-refractivity contribution in [3.8, 4) is 0 Å². The molecule has 0 aromatic rings. The van der Waals surface area contributed by atoms with E-state index >= 15 is 0 Å². The van der Waals surface area contributed by atoms with Gasteiger partial charge in [0.15, 0.2) is 0 Å². The summed E-state index contributed by atoms with van der Waals surface area (Å²) in [6, 6.07) is 0. The van der Waals surface area contributed by atoms with Gasteiger partial charge in [0.1, 0.15) is 5.78 Å². The Morgan fingerprint density at radius 3 is 2.40 bits per heavy atom. The van der Waals surface area contributed by atoms with Crippen LogP contribution < -0.4 is 0 Å². The van der Waals surface area contributed by atoms with Crippen molar-refractivity contribution in [3.05, 3.63) is 0 Å². The molecule has 0 aromatic heterocycles.